The van der Waals surface area contributed by atoms with Crippen molar-refractivity contribution in [3.63, 3.8) is 0 Å². The first-order chi connectivity index (χ1) is 9.40. The van der Waals surface area contributed by atoms with Crippen molar-refractivity contribution in [2.45, 2.75) is 19.4 Å². The number of hydrogen-bond donors (Lipinski definition) is 1. The van der Waals surface area contributed by atoms with Gasteiger partial charge in [-0.05, 0) is 24.8 Å². The van der Waals surface area contributed by atoms with Gasteiger partial charge in [-0.15, -0.1) is 0 Å². The summed E-state index contributed by atoms with van der Waals surface area (Å²) in [6.07, 6.45) is 2.66. The molecule has 102 valence electrons. The van der Waals surface area contributed by atoms with Crippen LogP contribution in [0.5, 0.6) is 5.75 Å². The maximum Gasteiger partial charge on any atom is 0.174 e. The summed E-state index contributed by atoms with van der Waals surface area (Å²) < 4.78 is 10.9. The first kappa shape index (κ1) is 13.9. The third-order valence-electron chi connectivity index (χ3n) is 3.05. The summed E-state index contributed by atoms with van der Waals surface area (Å²) in [6, 6.07) is 9.76. The van der Waals surface area contributed by atoms with E-state index < -0.39 is 0 Å². The summed E-state index contributed by atoms with van der Waals surface area (Å²) in [5.74, 6) is 1.59. The number of rotatable bonds is 9. The van der Waals surface area contributed by atoms with E-state index in [0.29, 0.717) is 0 Å². The van der Waals surface area contributed by atoms with Crippen molar-refractivity contribution in [3.05, 3.63) is 29.8 Å². The average Bonchev–Trinajstić information content (AvgIpc) is 3.25. The fourth-order valence-electron chi connectivity index (χ4n) is 1.80. The maximum atomic E-state index is 8.53. The predicted octanol–water partition coefficient (Wildman–Crippen LogP) is 2.11. The van der Waals surface area contributed by atoms with E-state index in [1.807, 2.05) is 30.3 Å². The first-order valence-corrected chi connectivity index (χ1v) is 6.76. The molecule has 1 N–H and O–H groups in total. The third kappa shape index (κ3) is 5.29. The lowest BCUT2D eigenvalue weighted by Gasteiger charge is -2.10. The minimum atomic E-state index is 0.0848. The van der Waals surface area contributed by atoms with Crippen LogP contribution in [0.2, 0.25) is 0 Å². The molecule has 4 heteroatoms. The van der Waals surface area contributed by atoms with Gasteiger partial charge in [-0.2, -0.15) is 5.26 Å². The zero-order chi connectivity index (χ0) is 13.3. The van der Waals surface area contributed by atoms with Crippen LogP contribution in [-0.2, 0) is 11.3 Å². The van der Waals surface area contributed by atoms with Gasteiger partial charge in [0.05, 0.1) is 6.61 Å². The van der Waals surface area contributed by atoms with E-state index >= 15 is 0 Å². The smallest absolute Gasteiger partial charge is 0.174 e. The monoisotopic (exact) mass is 260 g/mol. The number of nitriles is 1. The maximum absolute atomic E-state index is 8.53. The molecule has 2 rings (SSSR count). The van der Waals surface area contributed by atoms with E-state index in [-0.39, 0.29) is 6.61 Å². The fraction of sp³-hybridized carbons (Fsp3) is 0.533. The van der Waals surface area contributed by atoms with Gasteiger partial charge in [0.15, 0.2) is 6.61 Å². The molecule has 0 amide bonds. The molecule has 0 bridgehead atoms. The van der Waals surface area contributed by atoms with E-state index in [4.69, 9.17) is 14.7 Å². The highest BCUT2D eigenvalue weighted by Gasteiger charge is 2.20. The van der Waals surface area contributed by atoms with E-state index in [1.165, 1.54) is 12.8 Å². The van der Waals surface area contributed by atoms with E-state index in [2.05, 4.69) is 5.32 Å². The van der Waals surface area contributed by atoms with Crippen LogP contribution < -0.4 is 10.1 Å². The largest absolute Gasteiger partial charge is 0.478 e. The van der Waals surface area contributed by atoms with Crippen molar-refractivity contribution in [2.24, 2.45) is 5.92 Å². The van der Waals surface area contributed by atoms with Gasteiger partial charge < -0.3 is 14.8 Å². The molecule has 4 nitrogen and oxygen atoms in total. The molecule has 1 saturated carbocycles. The van der Waals surface area contributed by atoms with Crippen LogP contribution in [0.4, 0.5) is 0 Å². The minimum absolute atomic E-state index is 0.0848. The summed E-state index contributed by atoms with van der Waals surface area (Å²) in [7, 11) is 0. The quantitative estimate of drug-likeness (QED) is 0.691. The van der Waals surface area contributed by atoms with Crippen molar-refractivity contribution >= 4 is 0 Å². The second-order valence-corrected chi connectivity index (χ2v) is 4.75. The molecule has 0 atom stereocenters. The second kappa shape index (κ2) is 7.78. The minimum Gasteiger partial charge on any atom is -0.478 e. The molecule has 1 aliphatic rings. The standard InChI is InChI=1S/C15H20N2O2/c16-7-9-19-15-4-2-1-3-14(15)11-17-8-10-18-12-13-5-6-13/h1-4,13,17H,5-6,8-12H2. The summed E-state index contributed by atoms with van der Waals surface area (Å²) in [5, 5.41) is 11.9. The van der Waals surface area contributed by atoms with Gasteiger partial charge in [0, 0.05) is 25.3 Å². The van der Waals surface area contributed by atoms with Crippen molar-refractivity contribution in [2.75, 3.05) is 26.4 Å². The molecular weight excluding hydrogens is 240 g/mol. The zero-order valence-corrected chi connectivity index (χ0v) is 11.1. The number of para-hydroxylation sites is 1. The molecular formula is C15H20N2O2. The molecule has 0 aliphatic heterocycles. The SMILES string of the molecule is N#CCOc1ccccc1CNCCOCC1CC1. The topological polar surface area (TPSA) is 54.3 Å². The molecule has 1 fully saturated rings. The fourth-order valence-corrected chi connectivity index (χ4v) is 1.80. The molecule has 1 aromatic rings. The van der Waals surface area contributed by atoms with Gasteiger partial charge in [0.1, 0.15) is 11.8 Å². The number of benzene rings is 1. The normalized spacial score (nSPS) is 14.1. The lowest BCUT2D eigenvalue weighted by Crippen LogP contribution is -2.20. The summed E-state index contributed by atoms with van der Waals surface area (Å²) >= 11 is 0. The van der Waals surface area contributed by atoms with Crippen molar-refractivity contribution in [1.82, 2.24) is 5.32 Å². The van der Waals surface area contributed by atoms with Crippen molar-refractivity contribution in [3.8, 4) is 11.8 Å². The Labute approximate surface area is 114 Å². The van der Waals surface area contributed by atoms with Gasteiger partial charge in [0.2, 0.25) is 0 Å². The van der Waals surface area contributed by atoms with Gasteiger partial charge in [-0.3, -0.25) is 0 Å². The van der Waals surface area contributed by atoms with Crippen LogP contribution in [-0.4, -0.2) is 26.4 Å². The van der Waals surface area contributed by atoms with Gasteiger partial charge in [-0.1, -0.05) is 18.2 Å². The van der Waals surface area contributed by atoms with E-state index in [0.717, 1.165) is 43.5 Å². The third-order valence-corrected chi connectivity index (χ3v) is 3.05. The van der Waals surface area contributed by atoms with Gasteiger partial charge in [-0.25, -0.2) is 0 Å². The van der Waals surface area contributed by atoms with Crippen LogP contribution in [0.1, 0.15) is 18.4 Å². The predicted molar refractivity (Wildman–Crippen MR) is 72.8 cm³/mol. The Morgan fingerprint density at radius 2 is 2.16 bits per heavy atom. The van der Waals surface area contributed by atoms with E-state index in [1.54, 1.807) is 0 Å². The van der Waals surface area contributed by atoms with Gasteiger partial charge in [0.25, 0.3) is 0 Å². The van der Waals surface area contributed by atoms with E-state index in [9.17, 15) is 0 Å². The molecule has 1 aliphatic carbocycles. The Hall–Kier alpha value is -1.57. The highest BCUT2D eigenvalue weighted by Crippen LogP contribution is 2.28. The molecule has 0 heterocycles. The Bertz CT molecular complexity index is 424. The van der Waals surface area contributed by atoms with Crippen molar-refractivity contribution in [1.29, 1.82) is 5.26 Å². The molecule has 0 saturated heterocycles. The van der Waals surface area contributed by atoms with Crippen LogP contribution >= 0.6 is 0 Å². The van der Waals surface area contributed by atoms with Crippen LogP contribution in [0, 0.1) is 17.2 Å². The molecule has 0 spiro atoms. The number of hydrogen-bond acceptors (Lipinski definition) is 4. The summed E-state index contributed by atoms with van der Waals surface area (Å²) in [5.41, 5.74) is 1.07. The second-order valence-electron chi connectivity index (χ2n) is 4.75. The Balaban J connectivity index is 1.64. The van der Waals surface area contributed by atoms with Crippen LogP contribution in [0.3, 0.4) is 0 Å². The Kier molecular flexibility index (Phi) is 5.67. The molecule has 1 aromatic carbocycles. The molecule has 0 radical (unpaired) electrons. The lowest BCUT2D eigenvalue weighted by molar-refractivity contribution is 0.126. The number of nitrogens with one attached hydrogen (secondary N) is 1. The lowest BCUT2D eigenvalue weighted by atomic mass is 10.2. The highest BCUT2D eigenvalue weighted by molar-refractivity contribution is 5.33. The number of nitrogens with zero attached hydrogens (tertiary/aromatic N) is 1. The first-order valence-electron chi connectivity index (χ1n) is 6.76. The summed E-state index contributed by atoms with van der Waals surface area (Å²) in [4.78, 5) is 0. The van der Waals surface area contributed by atoms with Crippen LogP contribution in [0.15, 0.2) is 24.3 Å². The van der Waals surface area contributed by atoms with Crippen molar-refractivity contribution < 1.29 is 9.47 Å². The Morgan fingerprint density at radius 1 is 1.32 bits per heavy atom. The number of ether oxygens (including phenoxy) is 2. The Morgan fingerprint density at radius 3 is 2.95 bits per heavy atom. The average molecular weight is 260 g/mol. The zero-order valence-electron chi connectivity index (χ0n) is 11.1. The highest BCUT2D eigenvalue weighted by atomic mass is 16.5. The summed E-state index contributed by atoms with van der Waals surface area (Å²) in [6.45, 7) is 3.30. The molecule has 19 heavy (non-hydrogen) atoms. The molecule has 0 aromatic heterocycles. The molecule has 0 unspecified atom stereocenters. The van der Waals surface area contributed by atoms with Gasteiger partial charge >= 0.3 is 0 Å². The van der Waals surface area contributed by atoms with Crippen LogP contribution in [0.25, 0.3) is 0 Å².